The molecule has 2 aromatic carbocycles. The molecular weight excluding hydrogens is 1120 g/mol. The number of aromatic hydroxyl groups is 2. The fourth-order valence-electron chi connectivity index (χ4n) is 15.1. The van der Waals surface area contributed by atoms with Gasteiger partial charge in [0.1, 0.15) is 46.0 Å². The average Bonchev–Trinajstić information content (AvgIpc) is 1.75. The second-order valence-corrected chi connectivity index (χ2v) is 31.2. The van der Waals surface area contributed by atoms with E-state index in [1.54, 1.807) is 83.1 Å². The quantitative estimate of drug-likeness (QED) is 0.0722. The van der Waals surface area contributed by atoms with E-state index in [1.165, 1.54) is 88.5 Å². The zero-order chi connectivity index (χ0) is 63.5. The van der Waals surface area contributed by atoms with Gasteiger partial charge >= 0.3 is 23.9 Å². The molecule has 14 nitrogen and oxygen atoms in total. The Hall–Kier alpha value is -4.82. The normalized spacial score (nSPS) is 25.2. The van der Waals surface area contributed by atoms with Crippen LogP contribution in [0.2, 0.25) is 10.0 Å². The molecule has 4 fully saturated rings. The fraction of sp³-hybridized carbons (Fsp3) is 0.710. The lowest BCUT2D eigenvalue weighted by molar-refractivity contribution is -0.164. The maximum atomic E-state index is 14.4. The maximum Gasteiger partial charge on any atom is 0.329 e. The predicted molar refractivity (Wildman–Crippen MR) is 334 cm³/mol. The molecule has 474 valence electrons. The molecule has 2 aromatic rings. The van der Waals surface area contributed by atoms with Crippen LogP contribution in [0.5, 0.6) is 11.5 Å². The highest BCUT2D eigenvalue weighted by atomic mass is 35.5. The SMILES string of the molecule is CC(C)CCC[C@@H](C)[C@H]1CC[C@H]2[C@@H]3CC[C@H]4C[C@@H](CCC=C(c5cc(Cl)c(O)c(C(=O)N[C@@H](CC(=O)OC(C)(C)C)C(=O)OC(C)(C)C)c5)c5cc(Cl)c(O)c(C(=O)N[C@@H](CC(=O)OC(C)(C)C)C(=O)OC(C)(C)C)c5)CC[C@]4(C)[C@H]3CC[C@]12C. The van der Waals surface area contributed by atoms with E-state index in [-0.39, 0.29) is 26.6 Å². The Morgan fingerprint density at radius 2 is 1.07 bits per heavy atom. The summed E-state index contributed by atoms with van der Waals surface area (Å²) < 4.78 is 22.2. The molecule has 0 unspecified atom stereocenters. The van der Waals surface area contributed by atoms with Gasteiger partial charge in [-0.2, -0.15) is 0 Å². The van der Waals surface area contributed by atoms with Gasteiger partial charge < -0.3 is 39.8 Å². The van der Waals surface area contributed by atoms with Crippen LogP contribution in [0.25, 0.3) is 5.57 Å². The third-order valence-corrected chi connectivity index (χ3v) is 19.3. The van der Waals surface area contributed by atoms with E-state index >= 15 is 0 Å². The predicted octanol–water partition coefficient (Wildman–Crippen LogP) is 15.7. The van der Waals surface area contributed by atoms with Gasteiger partial charge in [0.05, 0.1) is 34.0 Å². The first-order valence-electron chi connectivity index (χ1n) is 31.5. The summed E-state index contributed by atoms with van der Waals surface area (Å²) in [6.07, 6.45) is 17.5. The minimum absolute atomic E-state index is 0.228. The second-order valence-electron chi connectivity index (χ2n) is 30.4. The molecule has 2 amide bonds. The van der Waals surface area contributed by atoms with Crippen LogP contribution in [-0.4, -0.2) is 80.4 Å². The summed E-state index contributed by atoms with van der Waals surface area (Å²) in [6, 6.07) is 2.64. The summed E-state index contributed by atoms with van der Waals surface area (Å²) in [4.78, 5) is 82.5. The molecule has 0 aliphatic heterocycles. The smallest absolute Gasteiger partial charge is 0.329 e. The van der Waals surface area contributed by atoms with E-state index in [4.69, 9.17) is 42.1 Å². The molecule has 0 radical (unpaired) electrons. The fourth-order valence-corrected chi connectivity index (χ4v) is 15.5. The van der Waals surface area contributed by atoms with Crippen molar-refractivity contribution in [1.29, 1.82) is 0 Å². The highest BCUT2D eigenvalue weighted by Gasteiger charge is 2.60. The van der Waals surface area contributed by atoms with Crippen molar-refractivity contribution in [2.75, 3.05) is 0 Å². The van der Waals surface area contributed by atoms with Crippen LogP contribution in [0, 0.1) is 58.2 Å². The third kappa shape index (κ3) is 18.2. The van der Waals surface area contributed by atoms with Crippen molar-refractivity contribution in [3.8, 4) is 11.5 Å². The van der Waals surface area contributed by atoms with Gasteiger partial charge in [-0.05, 0) is 253 Å². The van der Waals surface area contributed by atoms with Crippen LogP contribution in [0.3, 0.4) is 0 Å². The Kier molecular flexibility index (Phi) is 22.2. The van der Waals surface area contributed by atoms with Gasteiger partial charge in [-0.15, -0.1) is 0 Å². The molecule has 85 heavy (non-hydrogen) atoms. The zero-order valence-electron chi connectivity index (χ0n) is 54.2. The highest BCUT2D eigenvalue weighted by Crippen LogP contribution is 2.69. The number of carbonyl (C=O) groups is 6. The van der Waals surface area contributed by atoms with Gasteiger partial charge in [-0.3, -0.25) is 19.2 Å². The van der Waals surface area contributed by atoms with E-state index in [1.807, 2.05) is 6.08 Å². The molecule has 0 spiro atoms. The topological polar surface area (TPSA) is 204 Å². The Labute approximate surface area is 517 Å². The summed E-state index contributed by atoms with van der Waals surface area (Å²) >= 11 is 13.6. The Morgan fingerprint density at radius 1 is 0.612 bits per heavy atom. The molecule has 0 heterocycles. The highest BCUT2D eigenvalue weighted by molar-refractivity contribution is 6.33. The Bertz CT molecular complexity index is 2670. The van der Waals surface area contributed by atoms with Crippen LogP contribution in [0.4, 0.5) is 0 Å². The number of esters is 4. The summed E-state index contributed by atoms with van der Waals surface area (Å²) in [7, 11) is 0. The molecule has 4 N–H and O–H groups in total. The van der Waals surface area contributed by atoms with Gasteiger partial charge in [0.25, 0.3) is 11.8 Å². The number of halogens is 2. The molecule has 0 aromatic heterocycles. The first-order valence-corrected chi connectivity index (χ1v) is 32.2. The van der Waals surface area contributed by atoms with Crippen molar-refractivity contribution >= 4 is 64.5 Å². The molecule has 4 saturated carbocycles. The van der Waals surface area contributed by atoms with E-state index < -0.39 is 94.5 Å². The van der Waals surface area contributed by atoms with E-state index in [0.717, 1.165) is 54.8 Å². The summed E-state index contributed by atoms with van der Waals surface area (Å²) in [5.41, 5.74) is -2.73. The molecule has 4 aliphatic rings. The number of benzene rings is 2. The zero-order valence-corrected chi connectivity index (χ0v) is 55.7. The number of nitrogens with one attached hydrogen (secondary N) is 2. The standard InChI is InChI=1S/C69H102Cl2N2O12/c1-39(2)20-18-21-40(3)49-26-27-50-46-25-24-44-32-41(28-30-68(44,16)51(46)29-31-69(49,50)17)22-19-23-45(42-33-47(58(76)52(70)35-42)60(78)72-54(62(80)84-66(10,11)12)37-56(74)82-64(4,5)6)43-34-48(59(77)53(71)36-43)61(79)73-55(63(81)85-67(13,14)15)38-57(75)83-65(7,8)9/h23,33-36,39-41,44,46,49-51,54-55,76-77H,18-22,24-32,37-38H2,1-17H3,(H,72,78)(H,73,79)/t40-,41+,44+,46+,49-,50+,51+,54+,55+,68+,69-/m1/s1. The molecule has 6 rings (SSSR count). The molecule has 11 atom stereocenters. The van der Waals surface area contributed by atoms with Crippen molar-refractivity contribution in [3.63, 3.8) is 0 Å². The maximum absolute atomic E-state index is 14.4. The molecule has 4 aliphatic carbocycles. The average molecular weight is 1220 g/mol. The van der Waals surface area contributed by atoms with Gasteiger partial charge in [0.2, 0.25) is 0 Å². The number of amides is 2. The lowest BCUT2D eigenvalue weighted by atomic mass is 9.44. The Morgan fingerprint density at radius 3 is 1.53 bits per heavy atom. The minimum atomic E-state index is -1.53. The summed E-state index contributed by atoms with van der Waals surface area (Å²) in [6.45, 7) is 32.4. The number of fused-ring (bicyclic) bond motifs is 5. The number of phenolic OH excluding ortho intramolecular Hbond substituents is 2. The van der Waals surface area contributed by atoms with Crippen LogP contribution in [-0.2, 0) is 38.1 Å². The Balaban J connectivity index is 1.33. The van der Waals surface area contributed by atoms with Gasteiger partial charge in [0, 0.05) is 0 Å². The van der Waals surface area contributed by atoms with Crippen LogP contribution >= 0.6 is 23.2 Å². The van der Waals surface area contributed by atoms with Crippen molar-refractivity contribution in [2.24, 2.45) is 58.2 Å². The number of carbonyl (C=O) groups excluding carboxylic acids is 6. The summed E-state index contributed by atoms with van der Waals surface area (Å²) in [5.74, 6) is -0.805. The first-order chi connectivity index (χ1) is 39.2. The minimum Gasteiger partial charge on any atom is -0.506 e. The second kappa shape index (κ2) is 27.3. The number of phenols is 2. The number of allylic oxidation sites excluding steroid dienone is 1. The summed E-state index contributed by atoms with van der Waals surface area (Å²) in [5, 5.41) is 27.7. The van der Waals surface area contributed by atoms with Crippen molar-refractivity contribution in [1.82, 2.24) is 10.6 Å². The molecule has 0 bridgehead atoms. The van der Waals surface area contributed by atoms with E-state index in [0.29, 0.717) is 40.4 Å². The lowest BCUT2D eigenvalue weighted by Gasteiger charge is -2.61. The van der Waals surface area contributed by atoms with Crippen LogP contribution < -0.4 is 10.6 Å². The first kappa shape index (κ1) is 69.3. The molecule has 0 saturated heterocycles. The van der Waals surface area contributed by atoms with Gasteiger partial charge in [-0.1, -0.05) is 83.2 Å². The van der Waals surface area contributed by atoms with Crippen LogP contribution in [0.15, 0.2) is 30.3 Å². The van der Waals surface area contributed by atoms with Crippen molar-refractivity contribution in [2.45, 2.75) is 255 Å². The largest absolute Gasteiger partial charge is 0.506 e. The van der Waals surface area contributed by atoms with Gasteiger partial charge in [0.15, 0.2) is 0 Å². The lowest BCUT2D eigenvalue weighted by Crippen LogP contribution is -2.53. The van der Waals surface area contributed by atoms with Crippen molar-refractivity contribution in [3.05, 3.63) is 62.6 Å². The third-order valence-electron chi connectivity index (χ3n) is 18.7. The number of ether oxygens (including phenoxy) is 4. The molecular formula is C69H102Cl2N2O12. The van der Waals surface area contributed by atoms with Gasteiger partial charge in [-0.25, -0.2) is 9.59 Å². The molecule has 16 heteroatoms. The monoisotopic (exact) mass is 1220 g/mol. The van der Waals surface area contributed by atoms with E-state index in [2.05, 4.69) is 45.3 Å². The number of hydrogen-bond donors (Lipinski definition) is 4. The number of rotatable bonds is 20. The van der Waals surface area contributed by atoms with Crippen molar-refractivity contribution < 1.29 is 57.9 Å². The van der Waals surface area contributed by atoms with Crippen LogP contribution in [0.1, 0.15) is 252 Å². The number of hydrogen-bond acceptors (Lipinski definition) is 12. The van der Waals surface area contributed by atoms with E-state index in [9.17, 15) is 39.0 Å².